The van der Waals surface area contributed by atoms with Crippen LogP contribution in [0.2, 0.25) is 15.1 Å². The quantitative estimate of drug-likeness (QED) is 0.449. The number of nitrogens with one attached hydrogen (secondary N) is 1. The Morgan fingerprint density at radius 1 is 1.07 bits per heavy atom. The van der Waals surface area contributed by atoms with Gasteiger partial charge >= 0.3 is 0 Å². The lowest BCUT2D eigenvalue weighted by Crippen LogP contribution is -2.28. The molecule has 0 saturated carbocycles. The third kappa shape index (κ3) is 6.45. The Morgan fingerprint density at radius 2 is 1.89 bits per heavy atom. The molecule has 0 aromatic heterocycles. The van der Waals surface area contributed by atoms with Crippen LogP contribution in [0.4, 0.5) is 0 Å². The molecule has 28 heavy (non-hydrogen) atoms. The average Bonchev–Trinajstić information content (AvgIpc) is 3.05. The van der Waals surface area contributed by atoms with Crippen molar-refractivity contribution in [3.05, 3.63) is 57.0 Å². The van der Waals surface area contributed by atoms with Crippen molar-refractivity contribution >= 4 is 64.9 Å². The van der Waals surface area contributed by atoms with Crippen LogP contribution in [0.3, 0.4) is 0 Å². The Balaban J connectivity index is 0.00000280. The summed E-state index contributed by atoms with van der Waals surface area (Å²) in [5.74, 6) is 0.287. The number of hydrogen-bond acceptors (Lipinski definition) is 3. The smallest absolute Gasteiger partial charge is 0.222 e. The molecule has 1 saturated heterocycles. The second kappa shape index (κ2) is 11.5. The van der Waals surface area contributed by atoms with Crippen molar-refractivity contribution in [1.29, 1.82) is 0 Å². The van der Waals surface area contributed by atoms with Gasteiger partial charge in [-0.1, -0.05) is 58.7 Å². The molecule has 0 radical (unpaired) electrons. The molecule has 1 N–H and O–H groups in total. The maximum absolute atomic E-state index is 11.6. The van der Waals surface area contributed by atoms with Gasteiger partial charge in [0.15, 0.2) is 0 Å². The van der Waals surface area contributed by atoms with E-state index in [9.17, 15) is 4.79 Å². The molecule has 0 bridgehead atoms. The third-order valence-electron chi connectivity index (χ3n) is 4.41. The minimum Gasteiger partial charge on any atom is -0.343 e. The molecule has 2 aromatic rings. The number of rotatable bonds is 8. The van der Waals surface area contributed by atoms with Gasteiger partial charge in [-0.3, -0.25) is 4.79 Å². The summed E-state index contributed by atoms with van der Waals surface area (Å²) in [5.41, 5.74) is 1.12. The molecule has 1 fully saturated rings. The summed E-state index contributed by atoms with van der Waals surface area (Å²) in [6.07, 6.45) is 2.66. The Kier molecular flexibility index (Phi) is 9.75. The maximum Gasteiger partial charge on any atom is 0.222 e. The van der Waals surface area contributed by atoms with Crippen molar-refractivity contribution in [2.24, 2.45) is 0 Å². The Bertz CT molecular complexity index is 819. The van der Waals surface area contributed by atoms with Gasteiger partial charge in [-0.15, -0.1) is 12.4 Å². The summed E-state index contributed by atoms with van der Waals surface area (Å²) in [4.78, 5) is 15.3. The average molecular weight is 480 g/mol. The molecule has 1 aliphatic heterocycles. The van der Waals surface area contributed by atoms with Crippen molar-refractivity contribution in [3.8, 4) is 0 Å². The van der Waals surface area contributed by atoms with Gasteiger partial charge in [-0.05, 0) is 49.2 Å². The number of likely N-dealkylation sites (tertiary alicyclic amines) is 1. The fourth-order valence-corrected chi connectivity index (χ4v) is 4.65. The maximum atomic E-state index is 11.6. The zero-order valence-electron chi connectivity index (χ0n) is 15.2. The van der Waals surface area contributed by atoms with Crippen LogP contribution in [0.15, 0.2) is 46.2 Å². The van der Waals surface area contributed by atoms with Crippen LogP contribution in [-0.2, 0) is 11.3 Å². The second-order valence-electron chi connectivity index (χ2n) is 6.43. The summed E-state index contributed by atoms with van der Waals surface area (Å²) in [5, 5.41) is 5.18. The fourth-order valence-electron chi connectivity index (χ4n) is 2.99. The summed E-state index contributed by atoms with van der Waals surface area (Å²) >= 11 is 20.3. The van der Waals surface area contributed by atoms with Crippen LogP contribution in [0.1, 0.15) is 24.8 Å². The van der Waals surface area contributed by atoms with E-state index in [0.29, 0.717) is 21.5 Å². The standard InChI is InChI=1S/C20H21Cl3N2OS.ClH/c21-15-4-1-5-18(20(15)23)27-17-8-7-14(12-16(17)22)13-24-9-3-11-25-10-2-6-19(25)26;/h1,4-5,7-8,12,24H,2-3,6,9-11,13H2;1H. The highest BCUT2D eigenvalue weighted by molar-refractivity contribution is 7.99. The first-order chi connectivity index (χ1) is 13.0. The van der Waals surface area contributed by atoms with Crippen molar-refractivity contribution in [1.82, 2.24) is 10.2 Å². The predicted octanol–water partition coefficient (Wildman–Crippen LogP) is 6.32. The van der Waals surface area contributed by atoms with Gasteiger partial charge in [0.25, 0.3) is 0 Å². The highest BCUT2D eigenvalue weighted by Gasteiger charge is 2.18. The van der Waals surface area contributed by atoms with E-state index < -0.39 is 0 Å². The molecule has 8 heteroatoms. The van der Waals surface area contributed by atoms with Crippen LogP contribution in [0.5, 0.6) is 0 Å². The Labute approximate surface area is 191 Å². The number of carbonyl (C=O) groups excluding carboxylic acids is 1. The molecule has 1 aliphatic rings. The Morgan fingerprint density at radius 3 is 2.61 bits per heavy atom. The minimum absolute atomic E-state index is 0. The molecule has 0 spiro atoms. The summed E-state index contributed by atoms with van der Waals surface area (Å²) < 4.78 is 0. The molecular formula is C20H22Cl4N2OS. The SMILES string of the molecule is Cl.O=C1CCCN1CCCNCc1ccc(Sc2cccc(Cl)c2Cl)c(Cl)c1. The number of hydrogen-bond donors (Lipinski definition) is 1. The van der Waals surface area contributed by atoms with Gasteiger partial charge in [-0.2, -0.15) is 0 Å². The number of carbonyl (C=O) groups is 1. The molecule has 1 amide bonds. The van der Waals surface area contributed by atoms with Crippen molar-refractivity contribution in [2.45, 2.75) is 35.6 Å². The zero-order valence-corrected chi connectivity index (χ0v) is 19.1. The summed E-state index contributed by atoms with van der Waals surface area (Å²) in [6, 6.07) is 11.6. The molecular weight excluding hydrogens is 458 g/mol. The van der Waals surface area contributed by atoms with E-state index in [0.717, 1.165) is 54.4 Å². The lowest BCUT2D eigenvalue weighted by molar-refractivity contribution is -0.127. The van der Waals surface area contributed by atoms with E-state index in [4.69, 9.17) is 34.8 Å². The van der Waals surface area contributed by atoms with E-state index in [-0.39, 0.29) is 18.3 Å². The minimum atomic E-state index is 0. The molecule has 0 atom stereocenters. The van der Waals surface area contributed by atoms with E-state index in [2.05, 4.69) is 11.4 Å². The zero-order chi connectivity index (χ0) is 19.2. The lowest BCUT2D eigenvalue weighted by Gasteiger charge is -2.15. The van der Waals surface area contributed by atoms with Gasteiger partial charge < -0.3 is 10.2 Å². The molecule has 3 rings (SSSR count). The first-order valence-electron chi connectivity index (χ1n) is 8.93. The first-order valence-corrected chi connectivity index (χ1v) is 10.9. The van der Waals surface area contributed by atoms with Crippen LogP contribution in [-0.4, -0.2) is 30.4 Å². The molecule has 1 heterocycles. The van der Waals surface area contributed by atoms with E-state index >= 15 is 0 Å². The van der Waals surface area contributed by atoms with Crippen molar-refractivity contribution < 1.29 is 4.79 Å². The molecule has 0 aliphatic carbocycles. The summed E-state index contributed by atoms with van der Waals surface area (Å²) in [7, 11) is 0. The summed E-state index contributed by atoms with van der Waals surface area (Å²) in [6.45, 7) is 3.36. The van der Waals surface area contributed by atoms with Gasteiger partial charge in [0, 0.05) is 35.8 Å². The van der Waals surface area contributed by atoms with E-state index in [1.165, 1.54) is 11.8 Å². The number of amides is 1. The molecule has 0 unspecified atom stereocenters. The second-order valence-corrected chi connectivity index (χ2v) is 8.71. The highest BCUT2D eigenvalue weighted by Crippen LogP contribution is 2.39. The third-order valence-corrected chi connectivity index (χ3v) is 6.91. The normalized spacial score (nSPS) is 13.7. The van der Waals surface area contributed by atoms with Crippen LogP contribution in [0, 0.1) is 0 Å². The van der Waals surface area contributed by atoms with E-state index in [1.54, 1.807) is 6.07 Å². The highest BCUT2D eigenvalue weighted by atomic mass is 35.5. The van der Waals surface area contributed by atoms with Gasteiger partial charge in [0.2, 0.25) is 5.91 Å². The predicted molar refractivity (Wildman–Crippen MR) is 121 cm³/mol. The van der Waals surface area contributed by atoms with Crippen LogP contribution >= 0.6 is 59.0 Å². The van der Waals surface area contributed by atoms with Crippen LogP contribution in [0.25, 0.3) is 0 Å². The monoisotopic (exact) mass is 478 g/mol. The topological polar surface area (TPSA) is 32.3 Å². The van der Waals surface area contributed by atoms with Crippen molar-refractivity contribution in [2.75, 3.05) is 19.6 Å². The molecule has 3 nitrogen and oxygen atoms in total. The van der Waals surface area contributed by atoms with Gasteiger partial charge in [0.1, 0.15) is 0 Å². The van der Waals surface area contributed by atoms with E-state index in [1.807, 2.05) is 29.2 Å². The lowest BCUT2D eigenvalue weighted by atomic mass is 10.2. The van der Waals surface area contributed by atoms with Crippen LogP contribution < -0.4 is 5.32 Å². The molecule has 152 valence electrons. The van der Waals surface area contributed by atoms with Gasteiger partial charge in [-0.25, -0.2) is 0 Å². The Hall–Kier alpha value is -0.620. The largest absolute Gasteiger partial charge is 0.343 e. The van der Waals surface area contributed by atoms with Crippen molar-refractivity contribution in [3.63, 3.8) is 0 Å². The fraction of sp³-hybridized carbons (Fsp3) is 0.350. The number of halogens is 4. The molecule has 2 aromatic carbocycles. The number of nitrogens with zero attached hydrogens (tertiary/aromatic N) is 1. The number of benzene rings is 2. The van der Waals surface area contributed by atoms with Gasteiger partial charge in [0.05, 0.1) is 15.1 Å². The first kappa shape index (κ1) is 23.7.